The molecular weight excluding hydrogens is 270 g/mol. The number of ketones is 1. The first kappa shape index (κ1) is 15.0. The average molecular weight is 293 g/mol. The number of benzene rings is 2. The molecule has 2 heteroatoms. The number of Topliss-reactive ketones (excluding diaryl/α,β-unsaturated/α-hetero) is 1. The minimum atomic E-state index is -0.120. The largest absolute Gasteiger partial charge is 0.308 e. The van der Waals surface area contributed by atoms with E-state index in [1.807, 2.05) is 48.5 Å². The second kappa shape index (κ2) is 6.05. The Balaban J connectivity index is 1.95. The summed E-state index contributed by atoms with van der Waals surface area (Å²) in [7, 11) is 0. The Morgan fingerprint density at radius 2 is 1.64 bits per heavy atom. The van der Waals surface area contributed by atoms with E-state index < -0.39 is 0 Å². The molecule has 1 heterocycles. The summed E-state index contributed by atoms with van der Waals surface area (Å²) in [6.45, 7) is 4.42. The third kappa shape index (κ3) is 3.12. The fourth-order valence-electron chi connectivity index (χ4n) is 3.42. The van der Waals surface area contributed by atoms with Crippen LogP contribution in [0.2, 0.25) is 0 Å². The van der Waals surface area contributed by atoms with Crippen LogP contribution in [0.5, 0.6) is 0 Å². The molecule has 1 fully saturated rings. The van der Waals surface area contributed by atoms with Gasteiger partial charge >= 0.3 is 0 Å². The summed E-state index contributed by atoms with van der Waals surface area (Å²) >= 11 is 0. The molecule has 2 atom stereocenters. The van der Waals surface area contributed by atoms with E-state index >= 15 is 0 Å². The molecule has 1 saturated heterocycles. The van der Waals surface area contributed by atoms with E-state index in [0.29, 0.717) is 0 Å². The van der Waals surface area contributed by atoms with E-state index in [0.717, 1.165) is 24.0 Å². The zero-order valence-corrected chi connectivity index (χ0v) is 13.3. The van der Waals surface area contributed by atoms with Gasteiger partial charge < -0.3 is 5.32 Å². The summed E-state index contributed by atoms with van der Waals surface area (Å²) < 4.78 is 0. The van der Waals surface area contributed by atoms with Gasteiger partial charge in [-0.2, -0.15) is 0 Å². The smallest absolute Gasteiger partial charge is 0.171 e. The number of hydrogen-bond donors (Lipinski definition) is 1. The van der Waals surface area contributed by atoms with Crippen LogP contribution < -0.4 is 5.32 Å². The van der Waals surface area contributed by atoms with Gasteiger partial charge in [0, 0.05) is 17.1 Å². The van der Waals surface area contributed by atoms with Gasteiger partial charge in [-0.15, -0.1) is 0 Å². The number of carbonyl (C=O) groups excluding carboxylic acids is 1. The minimum Gasteiger partial charge on any atom is -0.308 e. The Hall–Kier alpha value is -1.93. The van der Waals surface area contributed by atoms with Crippen LogP contribution >= 0.6 is 0 Å². The molecular formula is C20H23NO. The van der Waals surface area contributed by atoms with Crippen molar-refractivity contribution in [3.8, 4) is 0 Å². The lowest BCUT2D eigenvalue weighted by Gasteiger charge is -2.26. The van der Waals surface area contributed by atoms with Crippen molar-refractivity contribution in [2.45, 2.75) is 44.2 Å². The minimum absolute atomic E-state index is 0.106. The third-order valence-corrected chi connectivity index (χ3v) is 4.56. The molecule has 0 saturated carbocycles. The highest BCUT2D eigenvalue weighted by Crippen LogP contribution is 2.34. The van der Waals surface area contributed by atoms with Gasteiger partial charge in [-0.3, -0.25) is 4.79 Å². The fraction of sp³-hybridized carbons (Fsp3) is 0.350. The van der Waals surface area contributed by atoms with E-state index in [4.69, 9.17) is 0 Å². The molecule has 0 bridgehead atoms. The molecule has 0 spiro atoms. The van der Waals surface area contributed by atoms with Crippen LogP contribution in [-0.4, -0.2) is 17.4 Å². The first-order valence-electron chi connectivity index (χ1n) is 7.99. The van der Waals surface area contributed by atoms with E-state index in [9.17, 15) is 4.79 Å². The molecule has 0 aliphatic carbocycles. The maximum Gasteiger partial charge on any atom is 0.171 e. The van der Waals surface area contributed by atoms with Gasteiger partial charge in [0.25, 0.3) is 0 Å². The van der Waals surface area contributed by atoms with Crippen molar-refractivity contribution in [1.82, 2.24) is 5.32 Å². The summed E-state index contributed by atoms with van der Waals surface area (Å²) in [4.78, 5) is 13.1. The molecule has 1 aliphatic rings. The molecule has 2 nitrogen and oxygen atoms in total. The van der Waals surface area contributed by atoms with Crippen LogP contribution in [0.4, 0.5) is 0 Å². The van der Waals surface area contributed by atoms with Crippen molar-refractivity contribution >= 4 is 5.78 Å². The lowest BCUT2D eigenvalue weighted by atomic mass is 9.84. The standard InChI is InChI=1S/C20H23NO/c1-20(2)14-13-17(21-20)18(15-9-5-3-6-10-15)19(22)16-11-7-4-8-12-16/h3-12,17-18,21H,13-14H2,1-2H3. The third-order valence-electron chi connectivity index (χ3n) is 4.56. The maximum atomic E-state index is 13.1. The quantitative estimate of drug-likeness (QED) is 0.857. The second-order valence-electron chi connectivity index (χ2n) is 6.79. The number of nitrogens with one attached hydrogen (secondary N) is 1. The highest BCUT2D eigenvalue weighted by Gasteiger charge is 2.38. The summed E-state index contributed by atoms with van der Waals surface area (Å²) in [5.74, 6) is 0.0902. The van der Waals surface area contributed by atoms with Crippen LogP contribution in [0.3, 0.4) is 0 Å². The molecule has 0 radical (unpaired) electrons. The molecule has 2 aromatic carbocycles. The predicted octanol–water partition coefficient (Wildman–Crippen LogP) is 4.18. The summed E-state index contributed by atoms with van der Waals surface area (Å²) in [6.07, 6.45) is 2.13. The van der Waals surface area contributed by atoms with Crippen molar-refractivity contribution in [2.75, 3.05) is 0 Å². The maximum absolute atomic E-state index is 13.1. The van der Waals surface area contributed by atoms with Crippen LogP contribution in [0.25, 0.3) is 0 Å². The Kier molecular flexibility index (Phi) is 4.12. The lowest BCUT2D eigenvalue weighted by molar-refractivity contribution is 0.0941. The van der Waals surface area contributed by atoms with Crippen molar-refractivity contribution in [3.63, 3.8) is 0 Å². The Morgan fingerprint density at radius 3 is 2.18 bits per heavy atom. The zero-order chi connectivity index (χ0) is 15.6. The summed E-state index contributed by atoms with van der Waals surface area (Å²) in [5.41, 5.74) is 2.00. The highest BCUT2D eigenvalue weighted by atomic mass is 16.1. The number of carbonyl (C=O) groups is 1. The normalized spacial score (nSPS) is 21.5. The van der Waals surface area contributed by atoms with Gasteiger partial charge in [-0.05, 0) is 32.3 Å². The van der Waals surface area contributed by atoms with Crippen LogP contribution in [0, 0.1) is 0 Å². The molecule has 1 aliphatic heterocycles. The van der Waals surface area contributed by atoms with Crippen LogP contribution in [0.15, 0.2) is 60.7 Å². The van der Waals surface area contributed by atoms with Gasteiger partial charge in [-0.25, -0.2) is 0 Å². The molecule has 2 aromatic rings. The Bertz CT molecular complexity index is 633. The fourth-order valence-corrected chi connectivity index (χ4v) is 3.42. The second-order valence-corrected chi connectivity index (χ2v) is 6.79. The first-order valence-corrected chi connectivity index (χ1v) is 7.99. The van der Waals surface area contributed by atoms with Crippen molar-refractivity contribution in [3.05, 3.63) is 71.8 Å². The molecule has 3 rings (SSSR count). The molecule has 22 heavy (non-hydrogen) atoms. The Labute approximate surface area is 132 Å². The average Bonchev–Trinajstić information content (AvgIpc) is 2.89. The summed E-state index contributed by atoms with van der Waals surface area (Å²) in [6, 6.07) is 20.0. The van der Waals surface area contributed by atoms with E-state index in [1.165, 1.54) is 0 Å². The predicted molar refractivity (Wildman–Crippen MR) is 90.2 cm³/mol. The molecule has 1 N–H and O–H groups in total. The van der Waals surface area contributed by atoms with Gasteiger partial charge in [0.05, 0.1) is 5.92 Å². The van der Waals surface area contributed by atoms with Crippen LogP contribution in [0.1, 0.15) is 48.5 Å². The zero-order valence-electron chi connectivity index (χ0n) is 13.3. The van der Waals surface area contributed by atoms with E-state index in [1.54, 1.807) is 0 Å². The first-order chi connectivity index (χ1) is 10.6. The van der Waals surface area contributed by atoms with Crippen molar-refractivity contribution in [1.29, 1.82) is 0 Å². The summed E-state index contributed by atoms with van der Waals surface area (Å²) in [5, 5.41) is 3.66. The number of rotatable bonds is 4. The molecule has 2 unspecified atom stereocenters. The van der Waals surface area contributed by atoms with Gasteiger partial charge in [0.2, 0.25) is 0 Å². The topological polar surface area (TPSA) is 29.1 Å². The lowest BCUT2D eigenvalue weighted by Crippen LogP contribution is -2.42. The molecule has 114 valence electrons. The van der Waals surface area contributed by atoms with Crippen molar-refractivity contribution in [2.24, 2.45) is 0 Å². The van der Waals surface area contributed by atoms with Gasteiger partial charge in [-0.1, -0.05) is 60.7 Å². The Morgan fingerprint density at radius 1 is 1.05 bits per heavy atom. The van der Waals surface area contributed by atoms with Gasteiger partial charge in [0.15, 0.2) is 5.78 Å². The van der Waals surface area contributed by atoms with E-state index in [-0.39, 0.29) is 23.3 Å². The van der Waals surface area contributed by atoms with Gasteiger partial charge in [0.1, 0.15) is 0 Å². The monoisotopic (exact) mass is 293 g/mol. The van der Waals surface area contributed by atoms with Crippen LogP contribution in [-0.2, 0) is 0 Å². The number of hydrogen-bond acceptors (Lipinski definition) is 2. The van der Waals surface area contributed by atoms with E-state index in [2.05, 4.69) is 31.3 Å². The molecule has 0 aromatic heterocycles. The van der Waals surface area contributed by atoms with Crippen molar-refractivity contribution < 1.29 is 4.79 Å². The SMILES string of the molecule is CC1(C)CCC(C(C(=O)c2ccccc2)c2ccccc2)N1. The highest BCUT2D eigenvalue weighted by molar-refractivity contribution is 6.01. The molecule has 0 amide bonds.